The van der Waals surface area contributed by atoms with Crippen LogP contribution in [0.1, 0.15) is 10.4 Å². The van der Waals surface area contributed by atoms with E-state index in [1.54, 1.807) is 18.2 Å². The van der Waals surface area contributed by atoms with Gasteiger partial charge in [-0.3, -0.25) is 14.9 Å². The van der Waals surface area contributed by atoms with Gasteiger partial charge in [0.05, 0.1) is 36.4 Å². The summed E-state index contributed by atoms with van der Waals surface area (Å²) < 4.78 is 11.5. The molecule has 8 heteroatoms. The van der Waals surface area contributed by atoms with E-state index in [0.29, 0.717) is 22.4 Å². The van der Waals surface area contributed by atoms with Gasteiger partial charge in [0.15, 0.2) is 0 Å². The number of nitro groups is 1. The van der Waals surface area contributed by atoms with E-state index in [4.69, 9.17) is 9.47 Å². The lowest BCUT2D eigenvalue weighted by Gasteiger charge is -2.10. The van der Waals surface area contributed by atoms with Crippen molar-refractivity contribution in [3.05, 3.63) is 58.3 Å². The molecule has 0 aliphatic carbocycles. The largest absolute Gasteiger partial charge is 0.497 e. The summed E-state index contributed by atoms with van der Waals surface area (Å²) in [6, 6.07) is 9.05. The summed E-state index contributed by atoms with van der Waals surface area (Å²) in [4.78, 5) is 23.2. The number of aromatic nitrogens is 2. The quantitative estimate of drug-likeness (QED) is 0.540. The zero-order valence-electron chi connectivity index (χ0n) is 12.9. The number of nitrogens with zero attached hydrogens (tertiary/aromatic N) is 3. The Morgan fingerprint density at radius 1 is 1.17 bits per heavy atom. The maximum atomic E-state index is 12.8. The number of non-ortho nitro benzene ring substituents is 1. The molecule has 1 heterocycles. The van der Waals surface area contributed by atoms with Crippen molar-refractivity contribution in [2.24, 2.45) is 0 Å². The number of hydrogen-bond acceptors (Lipinski definition) is 6. The minimum Gasteiger partial charge on any atom is -0.497 e. The first-order chi connectivity index (χ1) is 11.5. The Balaban J connectivity index is 2.11. The summed E-state index contributed by atoms with van der Waals surface area (Å²) in [5, 5.41) is 15.4. The highest BCUT2D eigenvalue weighted by molar-refractivity contribution is 6.03. The zero-order valence-corrected chi connectivity index (χ0v) is 12.9. The second-order valence-corrected chi connectivity index (χ2v) is 4.93. The topological polar surface area (TPSA) is 96.5 Å². The van der Waals surface area contributed by atoms with Crippen LogP contribution in [0.5, 0.6) is 11.5 Å². The van der Waals surface area contributed by atoms with Crippen molar-refractivity contribution in [3.8, 4) is 11.5 Å². The van der Waals surface area contributed by atoms with Crippen LogP contribution in [-0.4, -0.2) is 34.8 Å². The van der Waals surface area contributed by atoms with Gasteiger partial charge < -0.3 is 9.47 Å². The highest BCUT2D eigenvalue weighted by Gasteiger charge is 2.19. The van der Waals surface area contributed by atoms with E-state index in [-0.39, 0.29) is 11.3 Å². The van der Waals surface area contributed by atoms with Crippen LogP contribution < -0.4 is 9.47 Å². The lowest BCUT2D eigenvalue weighted by Crippen LogP contribution is -2.14. The van der Waals surface area contributed by atoms with Gasteiger partial charge in [0.25, 0.3) is 11.6 Å². The first kappa shape index (κ1) is 15.5. The van der Waals surface area contributed by atoms with E-state index in [1.165, 1.54) is 43.3 Å². The van der Waals surface area contributed by atoms with Crippen molar-refractivity contribution in [3.63, 3.8) is 0 Å². The van der Waals surface area contributed by atoms with Gasteiger partial charge in [-0.2, -0.15) is 9.78 Å². The molecule has 3 rings (SSSR count). The van der Waals surface area contributed by atoms with Crippen molar-refractivity contribution in [1.82, 2.24) is 9.78 Å². The van der Waals surface area contributed by atoms with Gasteiger partial charge in [0.2, 0.25) is 0 Å². The maximum Gasteiger partial charge on any atom is 0.282 e. The lowest BCUT2D eigenvalue weighted by molar-refractivity contribution is -0.384. The molecule has 2 aromatic carbocycles. The minimum absolute atomic E-state index is 0.0616. The molecule has 0 unspecified atom stereocenters. The molecular weight excluding hydrogens is 314 g/mol. The Hall–Kier alpha value is -3.42. The molecule has 0 aliphatic rings. The molecule has 1 aromatic heterocycles. The zero-order chi connectivity index (χ0) is 17.3. The highest BCUT2D eigenvalue weighted by atomic mass is 16.6. The van der Waals surface area contributed by atoms with E-state index in [1.807, 2.05) is 0 Å². The third-order valence-electron chi connectivity index (χ3n) is 3.59. The fourth-order valence-corrected chi connectivity index (χ4v) is 2.39. The van der Waals surface area contributed by atoms with Crippen molar-refractivity contribution >= 4 is 22.5 Å². The Morgan fingerprint density at radius 3 is 2.62 bits per heavy atom. The normalized spacial score (nSPS) is 10.6. The Bertz CT molecular complexity index is 948. The number of ether oxygens (including phenoxy) is 2. The van der Waals surface area contributed by atoms with Gasteiger partial charge >= 0.3 is 0 Å². The fourth-order valence-electron chi connectivity index (χ4n) is 2.39. The van der Waals surface area contributed by atoms with Crippen molar-refractivity contribution in [2.75, 3.05) is 14.2 Å². The van der Waals surface area contributed by atoms with E-state index < -0.39 is 10.8 Å². The number of hydrogen-bond donors (Lipinski definition) is 0. The van der Waals surface area contributed by atoms with Crippen molar-refractivity contribution in [2.45, 2.75) is 0 Å². The van der Waals surface area contributed by atoms with Crippen LogP contribution in [0.15, 0.2) is 42.6 Å². The summed E-state index contributed by atoms with van der Waals surface area (Å²) in [5.41, 5.74) is 0.684. The number of fused-ring (bicyclic) bond motifs is 1. The smallest absolute Gasteiger partial charge is 0.282 e. The van der Waals surface area contributed by atoms with E-state index >= 15 is 0 Å². The van der Waals surface area contributed by atoms with Gasteiger partial charge in [-0.25, -0.2) is 0 Å². The molecule has 24 heavy (non-hydrogen) atoms. The van der Waals surface area contributed by atoms with E-state index in [2.05, 4.69) is 5.10 Å². The minimum atomic E-state index is -0.496. The third kappa shape index (κ3) is 2.54. The van der Waals surface area contributed by atoms with Crippen LogP contribution in [-0.2, 0) is 0 Å². The van der Waals surface area contributed by atoms with Crippen LogP contribution in [0.25, 0.3) is 10.9 Å². The van der Waals surface area contributed by atoms with Crippen LogP contribution >= 0.6 is 0 Å². The second kappa shape index (κ2) is 5.99. The molecule has 0 radical (unpaired) electrons. The van der Waals surface area contributed by atoms with E-state index in [0.717, 1.165) is 0 Å². The molecule has 0 atom stereocenters. The molecule has 0 saturated carbocycles. The fraction of sp³-hybridized carbons (Fsp3) is 0.125. The molecule has 3 aromatic rings. The van der Waals surface area contributed by atoms with Gasteiger partial charge in [-0.15, -0.1) is 0 Å². The van der Waals surface area contributed by atoms with Gasteiger partial charge in [-0.1, -0.05) is 0 Å². The van der Waals surface area contributed by atoms with Crippen LogP contribution in [0.4, 0.5) is 5.69 Å². The molecule has 0 N–H and O–H groups in total. The SMILES string of the molecule is COc1ccc(OC)c(C(=O)n2ncc3cc([N+](=O)[O-])ccc32)c1. The number of methoxy groups -OCH3 is 2. The molecule has 0 bridgehead atoms. The predicted molar refractivity (Wildman–Crippen MR) is 85.7 cm³/mol. The molecule has 122 valence electrons. The Kier molecular flexibility index (Phi) is 3.87. The van der Waals surface area contributed by atoms with Crippen LogP contribution in [0.3, 0.4) is 0 Å². The van der Waals surface area contributed by atoms with E-state index in [9.17, 15) is 14.9 Å². The van der Waals surface area contributed by atoms with Crippen LogP contribution in [0, 0.1) is 10.1 Å². The maximum absolute atomic E-state index is 12.8. The number of carbonyl (C=O) groups excluding carboxylic acids is 1. The van der Waals surface area contributed by atoms with Crippen molar-refractivity contribution in [1.29, 1.82) is 0 Å². The summed E-state index contributed by atoms with van der Waals surface area (Å²) in [6.07, 6.45) is 1.41. The number of rotatable bonds is 4. The highest BCUT2D eigenvalue weighted by Crippen LogP contribution is 2.27. The average Bonchev–Trinajstić information content (AvgIpc) is 3.03. The predicted octanol–water partition coefficient (Wildman–Crippen LogP) is 2.65. The first-order valence-electron chi connectivity index (χ1n) is 6.94. The van der Waals surface area contributed by atoms with Crippen molar-refractivity contribution < 1.29 is 19.2 Å². The van der Waals surface area contributed by atoms with Gasteiger partial charge in [0, 0.05) is 17.5 Å². The lowest BCUT2D eigenvalue weighted by atomic mass is 10.1. The third-order valence-corrected chi connectivity index (χ3v) is 3.59. The molecule has 0 fully saturated rings. The molecular formula is C16H13N3O5. The molecule has 0 saturated heterocycles. The first-order valence-corrected chi connectivity index (χ1v) is 6.94. The summed E-state index contributed by atoms with van der Waals surface area (Å²) >= 11 is 0. The molecule has 0 aliphatic heterocycles. The van der Waals surface area contributed by atoms with Gasteiger partial charge in [0.1, 0.15) is 11.5 Å². The molecule has 8 nitrogen and oxygen atoms in total. The standard InChI is InChI=1S/C16H13N3O5/c1-23-12-4-6-15(24-2)13(8-12)16(20)18-14-5-3-11(19(21)22)7-10(14)9-17-18/h3-9H,1-2H3. The second-order valence-electron chi connectivity index (χ2n) is 4.93. The summed E-state index contributed by atoms with van der Waals surface area (Å²) in [5.74, 6) is 0.465. The average molecular weight is 327 g/mol. The monoisotopic (exact) mass is 327 g/mol. The summed E-state index contributed by atoms with van der Waals surface area (Å²) in [7, 11) is 2.96. The number of nitro benzene ring substituents is 1. The van der Waals surface area contributed by atoms with Gasteiger partial charge in [-0.05, 0) is 24.3 Å². The number of carbonyl (C=O) groups is 1. The Labute approximate surface area is 136 Å². The Morgan fingerprint density at radius 2 is 1.96 bits per heavy atom. The summed E-state index contributed by atoms with van der Waals surface area (Å²) in [6.45, 7) is 0. The number of benzene rings is 2. The van der Waals surface area contributed by atoms with Crippen LogP contribution in [0.2, 0.25) is 0 Å². The molecule has 0 spiro atoms. The molecule has 0 amide bonds.